The molecule has 4 aromatic carbocycles. The van der Waals surface area contributed by atoms with Gasteiger partial charge >= 0.3 is 0 Å². The molecular weight excluding hydrogens is 480 g/mol. The van der Waals surface area contributed by atoms with Crippen LogP contribution in [-0.2, 0) is 6.61 Å². The van der Waals surface area contributed by atoms with Gasteiger partial charge in [0.25, 0.3) is 0 Å². The normalized spacial score (nSPS) is 11.9. The number of para-hydroxylation sites is 1. The fraction of sp³-hybridized carbons (Fsp3) is 0.226. The number of H-pyrrole nitrogens is 1. The van der Waals surface area contributed by atoms with E-state index in [1.807, 2.05) is 84.9 Å². The van der Waals surface area contributed by atoms with Crippen molar-refractivity contribution in [1.29, 1.82) is 0 Å². The van der Waals surface area contributed by atoms with Crippen LogP contribution in [0, 0.1) is 0 Å². The smallest absolute Gasteiger partial charge is 0.164 e. The van der Waals surface area contributed by atoms with Crippen molar-refractivity contribution in [2.75, 3.05) is 33.4 Å². The zero-order chi connectivity index (χ0) is 26.2. The van der Waals surface area contributed by atoms with Crippen molar-refractivity contribution in [2.24, 2.45) is 0 Å². The van der Waals surface area contributed by atoms with E-state index in [0.29, 0.717) is 43.6 Å². The van der Waals surface area contributed by atoms with Crippen molar-refractivity contribution >= 4 is 21.8 Å². The molecule has 5 rings (SSSR count). The minimum absolute atomic E-state index is 0.182. The Morgan fingerprint density at radius 3 is 2.47 bits per heavy atom. The highest BCUT2D eigenvalue weighted by Gasteiger charge is 2.12. The fourth-order valence-corrected chi connectivity index (χ4v) is 4.34. The molecule has 0 saturated carbocycles. The number of rotatable bonds is 13. The third-order valence-electron chi connectivity index (χ3n) is 6.22. The van der Waals surface area contributed by atoms with E-state index < -0.39 is 6.10 Å². The van der Waals surface area contributed by atoms with E-state index in [2.05, 4.69) is 16.4 Å². The Balaban J connectivity index is 1.08. The highest BCUT2D eigenvalue weighted by atomic mass is 16.5. The molecule has 0 amide bonds. The van der Waals surface area contributed by atoms with Gasteiger partial charge in [-0.05, 0) is 35.9 Å². The van der Waals surface area contributed by atoms with E-state index in [-0.39, 0.29) is 6.61 Å². The van der Waals surface area contributed by atoms with Crippen LogP contribution in [0.25, 0.3) is 21.8 Å². The van der Waals surface area contributed by atoms with Gasteiger partial charge in [-0.1, -0.05) is 54.6 Å². The summed E-state index contributed by atoms with van der Waals surface area (Å²) in [5, 5.41) is 15.8. The van der Waals surface area contributed by atoms with Crippen molar-refractivity contribution < 1.29 is 24.1 Å². The lowest BCUT2D eigenvalue weighted by Crippen LogP contribution is -2.33. The molecule has 38 heavy (non-hydrogen) atoms. The average molecular weight is 513 g/mol. The molecule has 0 aliphatic heterocycles. The molecule has 0 saturated heterocycles. The number of ether oxygens (including phenoxy) is 4. The van der Waals surface area contributed by atoms with Crippen LogP contribution in [0.15, 0.2) is 91.0 Å². The fourth-order valence-electron chi connectivity index (χ4n) is 4.34. The summed E-state index contributed by atoms with van der Waals surface area (Å²) in [6.07, 6.45) is -0.667. The first-order valence-corrected chi connectivity index (χ1v) is 12.7. The van der Waals surface area contributed by atoms with Crippen LogP contribution in [0.2, 0.25) is 0 Å². The van der Waals surface area contributed by atoms with E-state index in [1.54, 1.807) is 7.11 Å². The Hall–Kier alpha value is -4.20. The molecule has 0 fully saturated rings. The lowest BCUT2D eigenvalue weighted by Gasteiger charge is -2.15. The summed E-state index contributed by atoms with van der Waals surface area (Å²) in [5.74, 6) is 2.70. The van der Waals surface area contributed by atoms with Gasteiger partial charge in [0.15, 0.2) is 11.5 Å². The second kappa shape index (κ2) is 12.4. The number of nitrogens with one attached hydrogen (secondary N) is 2. The zero-order valence-corrected chi connectivity index (χ0v) is 21.4. The first-order chi connectivity index (χ1) is 18.7. The Kier molecular flexibility index (Phi) is 8.28. The molecule has 7 nitrogen and oxygen atoms in total. The van der Waals surface area contributed by atoms with Gasteiger partial charge in [0, 0.05) is 35.4 Å². The van der Waals surface area contributed by atoms with Crippen LogP contribution in [0.1, 0.15) is 5.56 Å². The van der Waals surface area contributed by atoms with Gasteiger partial charge in [0.05, 0.1) is 12.6 Å². The maximum absolute atomic E-state index is 10.5. The molecule has 1 heterocycles. The molecule has 0 bridgehead atoms. The van der Waals surface area contributed by atoms with Crippen molar-refractivity contribution in [3.63, 3.8) is 0 Å². The predicted octanol–water partition coefficient (Wildman–Crippen LogP) is 5.32. The van der Waals surface area contributed by atoms with Crippen LogP contribution in [0.4, 0.5) is 0 Å². The average Bonchev–Trinajstić information content (AvgIpc) is 3.35. The minimum Gasteiger partial charge on any atom is -0.493 e. The molecule has 3 N–H and O–H groups in total. The van der Waals surface area contributed by atoms with Gasteiger partial charge in [-0.3, -0.25) is 0 Å². The van der Waals surface area contributed by atoms with E-state index in [4.69, 9.17) is 18.9 Å². The topological polar surface area (TPSA) is 85.0 Å². The number of benzene rings is 4. The van der Waals surface area contributed by atoms with Gasteiger partial charge in [-0.2, -0.15) is 0 Å². The summed E-state index contributed by atoms with van der Waals surface area (Å²) in [4.78, 5) is 3.41. The van der Waals surface area contributed by atoms with E-state index in [0.717, 1.165) is 33.1 Å². The first kappa shape index (κ1) is 25.4. The number of methoxy groups -OCH3 is 1. The number of aliphatic hydroxyl groups is 1. The largest absolute Gasteiger partial charge is 0.493 e. The van der Waals surface area contributed by atoms with Crippen LogP contribution in [0.5, 0.6) is 23.0 Å². The third kappa shape index (κ3) is 6.19. The molecule has 7 heteroatoms. The predicted molar refractivity (Wildman–Crippen MR) is 149 cm³/mol. The number of aromatic amines is 1. The second-order valence-electron chi connectivity index (χ2n) is 8.95. The maximum Gasteiger partial charge on any atom is 0.164 e. The maximum atomic E-state index is 10.5. The number of fused-ring (bicyclic) bond motifs is 3. The van der Waals surface area contributed by atoms with E-state index in [1.165, 1.54) is 0 Å². The Labute approximate surface area is 221 Å². The number of aromatic nitrogens is 1. The summed E-state index contributed by atoms with van der Waals surface area (Å²) in [6, 6.07) is 29.6. The molecule has 1 atom stereocenters. The van der Waals surface area contributed by atoms with Crippen LogP contribution >= 0.6 is 0 Å². The van der Waals surface area contributed by atoms with Gasteiger partial charge in [-0.15, -0.1) is 0 Å². The SMILES string of the molecule is COc1ccc(OCc2ccccc2)cc1OCCNC[C@H](O)COc1cccc2[nH]c3ccccc3c12. The van der Waals surface area contributed by atoms with Crippen molar-refractivity contribution in [3.05, 3.63) is 96.6 Å². The second-order valence-corrected chi connectivity index (χ2v) is 8.95. The van der Waals surface area contributed by atoms with Gasteiger partial charge in [0.2, 0.25) is 0 Å². The van der Waals surface area contributed by atoms with Crippen molar-refractivity contribution in [2.45, 2.75) is 12.7 Å². The number of aliphatic hydroxyl groups excluding tert-OH is 1. The summed E-state index contributed by atoms with van der Waals surface area (Å²) in [7, 11) is 1.61. The molecule has 1 aromatic heterocycles. The summed E-state index contributed by atoms with van der Waals surface area (Å²) >= 11 is 0. The molecule has 5 aromatic rings. The van der Waals surface area contributed by atoms with E-state index in [9.17, 15) is 5.11 Å². The monoisotopic (exact) mass is 512 g/mol. The molecule has 0 unspecified atom stereocenters. The Morgan fingerprint density at radius 2 is 1.61 bits per heavy atom. The van der Waals surface area contributed by atoms with Gasteiger partial charge in [0.1, 0.15) is 37.4 Å². The number of hydrogen-bond donors (Lipinski definition) is 3. The van der Waals surface area contributed by atoms with Gasteiger partial charge in [-0.25, -0.2) is 0 Å². The lowest BCUT2D eigenvalue weighted by atomic mass is 10.1. The first-order valence-electron chi connectivity index (χ1n) is 12.7. The summed E-state index contributed by atoms with van der Waals surface area (Å²) in [6.45, 7) is 1.99. The van der Waals surface area contributed by atoms with E-state index >= 15 is 0 Å². The quantitative estimate of drug-likeness (QED) is 0.185. The van der Waals surface area contributed by atoms with Gasteiger partial charge < -0.3 is 34.4 Å². The van der Waals surface area contributed by atoms with Crippen LogP contribution in [-0.4, -0.2) is 49.6 Å². The Morgan fingerprint density at radius 1 is 0.789 bits per heavy atom. The lowest BCUT2D eigenvalue weighted by molar-refractivity contribution is 0.106. The van der Waals surface area contributed by atoms with Crippen molar-refractivity contribution in [3.8, 4) is 23.0 Å². The molecule has 0 aliphatic carbocycles. The summed E-state index contributed by atoms with van der Waals surface area (Å²) < 4.78 is 23.3. The third-order valence-corrected chi connectivity index (χ3v) is 6.22. The molecule has 0 radical (unpaired) electrons. The van der Waals surface area contributed by atoms with Crippen LogP contribution < -0.4 is 24.3 Å². The molecule has 0 spiro atoms. The van der Waals surface area contributed by atoms with Crippen LogP contribution in [0.3, 0.4) is 0 Å². The summed E-state index contributed by atoms with van der Waals surface area (Å²) in [5.41, 5.74) is 3.17. The van der Waals surface area contributed by atoms with Crippen molar-refractivity contribution in [1.82, 2.24) is 10.3 Å². The molecule has 0 aliphatic rings. The minimum atomic E-state index is -0.667. The highest BCUT2D eigenvalue weighted by Crippen LogP contribution is 2.33. The zero-order valence-electron chi connectivity index (χ0n) is 21.4. The standard InChI is InChI=1S/C31H32N2O5/c1-35-28-15-14-24(37-20-22-8-3-2-4-9-22)18-30(28)36-17-16-32-19-23(34)21-38-29-13-7-12-27-31(29)25-10-5-6-11-26(25)33-27/h2-15,18,23,32-34H,16-17,19-21H2,1H3/t23-/m0/s1. The number of hydrogen-bond acceptors (Lipinski definition) is 6. The highest BCUT2D eigenvalue weighted by molar-refractivity contribution is 6.10. The molecule has 196 valence electrons. The molecular formula is C31H32N2O5. The Bertz CT molecular complexity index is 1470.